The van der Waals surface area contributed by atoms with Crippen molar-refractivity contribution in [1.82, 2.24) is 0 Å². The lowest BCUT2D eigenvalue weighted by molar-refractivity contribution is -0.138. The molecule has 1 aromatic carbocycles. The molecule has 2 N–H and O–H groups in total. The largest absolute Gasteiger partial charge is 0.481 e. The highest BCUT2D eigenvalue weighted by Gasteiger charge is 2.22. The normalized spacial score (nSPS) is 11.6. The predicted octanol–water partition coefficient (Wildman–Crippen LogP) is 3.88. The molecular formula is C19H21NO5S. The van der Waals surface area contributed by atoms with Crippen LogP contribution in [0.3, 0.4) is 0 Å². The smallest absolute Gasteiger partial charge is 0.341 e. The first kappa shape index (κ1) is 19.7. The van der Waals surface area contributed by atoms with Gasteiger partial charge in [-0.3, -0.25) is 9.59 Å². The van der Waals surface area contributed by atoms with Gasteiger partial charge in [0.15, 0.2) is 0 Å². The van der Waals surface area contributed by atoms with Gasteiger partial charge >= 0.3 is 11.9 Å². The van der Waals surface area contributed by atoms with Crippen molar-refractivity contribution in [1.29, 1.82) is 0 Å². The summed E-state index contributed by atoms with van der Waals surface area (Å²) in [6.07, 6.45) is -0.418. The quantitative estimate of drug-likeness (QED) is 0.683. The number of aliphatic carboxylic acids is 1. The lowest BCUT2D eigenvalue weighted by Gasteiger charge is -2.09. The van der Waals surface area contributed by atoms with Gasteiger partial charge in [0.2, 0.25) is 5.91 Å². The van der Waals surface area contributed by atoms with E-state index in [1.54, 1.807) is 13.0 Å². The third-order valence-corrected chi connectivity index (χ3v) is 5.02. The number of carbonyl (C=O) groups is 3. The van der Waals surface area contributed by atoms with E-state index in [1.807, 2.05) is 37.3 Å². The van der Waals surface area contributed by atoms with Gasteiger partial charge in [0.25, 0.3) is 0 Å². The van der Waals surface area contributed by atoms with Crippen molar-refractivity contribution in [3.63, 3.8) is 0 Å². The van der Waals surface area contributed by atoms with E-state index in [0.717, 1.165) is 10.4 Å². The summed E-state index contributed by atoms with van der Waals surface area (Å²) in [6.45, 7) is 3.96. The molecule has 0 aliphatic heterocycles. The van der Waals surface area contributed by atoms with Gasteiger partial charge in [-0.05, 0) is 18.6 Å². The van der Waals surface area contributed by atoms with Crippen molar-refractivity contribution in [2.24, 2.45) is 0 Å². The molecule has 1 unspecified atom stereocenters. The minimum absolute atomic E-state index is 0.0408. The van der Waals surface area contributed by atoms with Gasteiger partial charge in [-0.1, -0.05) is 37.3 Å². The number of hydrogen-bond acceptors (Lipinski definition) is 5. The molecule has 0 saturated heterocycles. The van der Waals surface area contributed by atoms with Crippen LogP contribution in [0.4, 0.5) is 5.00 Å². The molecule has 138 valence electrons. The highest BCUT2D eigenvalue weighted by molar-refractivity contribution is 7.16. The molecule has 1 heterocycles. The average Bonchev–Trinajstić information content (AvgIpc) is 3.04. The van der Waals surface area contributed by atoms with Gasteiger partial charge in [-0.2, -0.15) is 0 Å². The van der Waals surface area contributed by atoms with E-state index in [4.69, 9.17) is 9.84 Å². The summed E-state index contributed by atoms with van der Waals surface area (Å²) < 4.78 is 5.07. The molecule has 7 heteroatoms. The number of ether oxygens (including phenoxy) is 1. The zero-order valence-electron chi connectivity index (χ0n) is 14.7. The molecule has 1 amide bonds. The fraction of sp³-hybridized carbons (Fsp3) is 0.316. The highest BCUT2D eigenvalue weighted by atomic mass is 32.1. The number of anilines is 1. The number of carbonyl (C=O) groups excluding carboxylic acids is 2. The van der Waals surface area contributed by atoms with Crippen LogP contribution in [-0.4, -0.2) is 29.6 Å². The van der Waals surface area contributed by atoms with Gasteiger partial charge < -0.3 is 15.2 Å². The number of carboxylic acids is 1. The number of nitrogens with one attached hydrogen (secondary N) is 1. The summed E-state index contributed by atoms with van der Waals surface area (Å²) >= 11 is 1.30. The third-order valence-electron chi connectivity index (χ3n) is 3.79. The van der Waals surface area contributed by atoms with Gasteiger partial charge in [0, 0.05) is 17.2 Å². The molecule has 6 nitrogen and oxygen atoms in total. The van der Waals surface area contributed by atoms with Crippen LogP contribution in [0.25, 0.3) is 0 Å². The molecule has 1 aromatic heterocycles. The van der Waals surface area contributed by atoms with Crippen LogP contribution >= 0.6 is 11.3 Å². The Morgan fingerprint density at radius 2 is 1.88 bits per heavy atom. The first-order valence-electron chi connectivity index (χ1n) is 8.29. The molecule has 0 fully saturated rings. The Hall–Kier alpha value is -2.67. The lowest BCUT2D eigenvalue weighted by Crippen LogP contribution is -2.15. The SMILES string of the molecule is CCOC(=O)c1cc(C(C)c2ccccc2)sc1NC(=O)CCC(=O)O. The number of carboxylic acid groups (broad SMARTS) is 1. The number of hydrogen-bond donors (Lipinski definition) is 2. The molecule has 0 saturated carbocycles. The van der Waals surface area contributed by atoms with Crippen molar-refractivity contribution in [3.05, 3.63) is 52.4 Å². The summed E-state index contributed by atoms with van der Waals surface area (Å²) in [5, 5.41) is 11.7. The van der Waals surface area contributed by atoms with Gasteiger partial charge in [0.1, 0.15) is 5.00 Å². The van der Waals surface area contributed by atoms with Crippen LogP contribution in [-0.2, 0) is 14.3 Å². The summed E-state index contributed by atoms with van der Waals surface area (Å²) in [6, 6.07) is 11.6. The first-order valence-corrected chi connectivity index (χ1v) is 9.11. The van der Waals surface area contributed by atoms with E-state index in [2.05, 4.69) is 5.32 Å². The third kappa shape index (κ3) is 5.16. The number of esters is 1. The van der Waals surface area contributed by atoms with Crippen LogP contribution in [0.2, 0.25) is 0 Å². The van der Waals surface area contributed by atoms with Crippen molar-refractivity contribution in [3.8, 4) is 0 Å². The maximum absolute atomic E-state index is 12.2. The number of benzene rings is 1. The summed E-state index contributed by atoms with van der Waals surface area (Å²) in [5.74, 6) is -1.96. The van der Waals surface area contributed by atoms with E-state index in [1.165, 1.54) is 11.3 Å². The molecule has 0 bridgehead atoms. The van der Waals surface area contributed by atoms with Gasteiger partial charge in [-0.25, -0.2) is 4.79 Å². The average molecular weight is 375 g/mol. The predicted molar refractivity (Wildman–Crippen MR) is 99.7 cm³/mol. The fourth-order valence-electron chi connectivity index (χ4n) is 2.39. The van der Waals surface area contributed by atoms with E-state index in [0.29, 0.717) is 10.6 Å². The molecular weight excluding hydrogens is 354 g/mol. The minimum Gasteiger partial charge on any atom is -0.481 e. The number of amides is 1. The van der Waals surface area contributed by atoms with E-state index < -0.39 is 17.8 Å². The zero-order valence-corrected chi connectivity index (χ0v) is 15.5. The van der Waals surface area contributed by atoms with Crippen molar-refractivity contribution >= 4 is 34.2 Å². The Labute approximate surface area is 155 Å². The van der Waals surface area contributed by atoms with Crippen molar-refractivity contribution in [2.45, 2.75) is 32.6 Å². The van der Waals surface area contributed by atoms with Crippen LogP contribution < -0.4 is 5.32 Å². The topological polar surface area (TPSA) is 92.7 Å². The van der Waals surface area contributed by atoms with Crippen LogP contribution in [0.5, 0.6) is 0 Å². The second-order valence-electron chi connectivity index (χ2n) is 5.69. The monoisotopic (exact) mass is 375 g/mol. The summed E-state index contributed by atoms with van der Waals surface area (Å²) in [5.41, 5.74) is 1.38. The molecule has 0 aliphatic carbocycles. The molecule has 2 rings (SSSR count). The number of rotatable bonds is 8. The Morgan fingerprint density at radius 1 is 1.19 bits per heavy atom. The van der Waals surface area contributed by atoms with Crippen LogP contribution in [0, 0.1) is 0 Å². The van der Waals surface area contributed by atoms with Crippen LogP contribution in [0.15, 0.2) is 36.4 Å². The Bertz CT molecular complexity index is 784. The van der Waals surface area contributed by atoms with E-state index in [9.17, 15) is 14.4 Å². The maximum Gasteiger partial charge on any atom is 0.341 e. The Kier molecular flexibility index (Phi) is 6.91. The van der Waals surface area contributed by atoms with Crippen LogP contribution in [0.1, 0.15) is 53.4 Å². The fourth-order valence-corrected chi connectivity index (χ4v) is 3.53. The van der Waals surface area contributed by atoms with E-state index >= 15 is 0 Å². The van der Waals surface area contributed by atoms with E-state index in [-0.39, 0.29) is 25.4 Å². The first-order chi connectivity index (χ1) is 12.4. The standard InChI is InChI=1S/C19H21NO5S/c1-3-25-19(24)14-11-15(12(2)13-7-5-4-6-8-13)26-18(14)20-16(21)9-10-17(22)23/h4-8,11-12H,3,9-10H2,1-2H3,(H,20,21)(H,22,23). The second-order valence-corrected chi connectivity index (χ2v) is 6.77. The zero-order chi connectivity index (χ0) is 19.1. The lowest BCUT2D eigenvalue weighted by atomic mass is 9.99. The summed E-state index contributed by atoms with van der Waals surface area (Å²) in [7, 11) is 0. The molecule has 0 aliphatic rings. The van der Waals surface area contributed by atoms with Crippen molar-refractivity contribution < 1.29 is 24.2 Å². The highest BCUT2D eigenvalue weighted by Crippen LogP contribution is 2.36. The Morgan fingerprint density at radius 3 is 2.50 bits per heavy atom. The minimum atomic E-state index is -1.05. The maximum atomic E-state index is 12.2. The molecule has 1 atom stereocenters. The number of thiophene rings is 1. The molecule has 0 spiro atoms. The molecule has 26 heavy (non-hydrogen) atoms. The molecule has 2 aromatic rings. The summed E-state index contributed by atoms with van der Waals surface area (Å²) in [4.78, 5) is 35.7. The molecule has 0 radical (unpaired) electrons. The van der Waals surface area contributed by atoms with Gasteiger partial charge in [0.05, 0.1) is 18.6 Å². The second kappa shape index (κ2) is 9.15. The Balaban J connectivity index is 2.27. The van der Waals surface area contributed by atoms with Gasteiger partial charge in [-0.15, -0.1) is 11.3 Å². The van der Waals surface area contributed by atoms with Crippen molar-refractivity contribution in [2.75, 3.05) is 11.9 Å².